The van der Waals surface area contributed by atoms with Crippen LogP contribution in [0.2, 0.25) is 5.02 Å². The molecule has 1 N–H and O–H groups in total. The van der Waals surface area contributed by atoms with E-state index in [1.165, 1.54) is 6.07 Å². The number of aromatic nitrogens is 2. The molecule has 126 valence electrons. The number of halogens is 1. The molecule has 1 heterocycles. The molecule has 0 unspecified atom stereocenters. The van der Waals surface area contributed by atoms with Crippen LogP contribution in [0.5, 0.6) is 0 Å². The molecule has 0 atom stereocenters. The van der Waals surface area contributed by atoms with Gasteiger partial charge in [0.05, 0.1) is 5.69 Å². The van der Waals surface area contributed by atoms with Crippen molar-refractivity contribution in [1.29, 1.82) is 0 Å². The molecule has 3 rings (SSSR count). The molecule has 3 aromatic rings. The van der Waals surface area contributed by atoms with Crippen LogP contribution >= 0.6 is 11.6 Å². The van der Waals surface area contributed by atoms with E-state index in [-0.39, 0.29) is 5.69 Å². The number of amides is 1. The van der Waals surface area contributed by atoms with E-state index in [4.69, 9.17) is 11.6 Å². The first kappa shape index (κ1) is 16.9. The van der Waals surface area contributed by atoms with Crippen LogP contribution in [0, 0.1) is 13.8 Å². The predicted octanol–water partition coefficient (Wildman–Crippen LogP) is 3.76. The first-order valence-corrected chi connectivity index (χ1v) is 8.07. The monoisotopic (exact) mass is 353 g/mol. The maximum Gasteiger partial charge on any atom is 0.280 e. The highest BCUT2D eigenvalue weighted by Crippen LogP contribution is 2.20. The van der Waals surface area contributed by atoms with Crippen molar-refractivity contribution in [2.75, 3.05) is 5.32 Å². The third-order valence-corrected chi connectivity index (χ3v) is 4.00. The molecule has 0 bridgehead atoms. The van der Waals surface area contributed by atoms with Crippen molar-refractivity contribution in [3.05, 3.63) is 86.8 Å². The van der Waals surface area contributed by atoms with Crippen molar-refractivity contribution in [1.82, 2.24) is 9.78 Å². The van der Waals surface area contributed by atoms with Gasteiger partial charge in [0.2, 0.25) is 5.43 Å². The molecule has 0 radical (unpaired) electrons. The highest BCUT2D eigenvalue weighted by molar-refractivity contribution is 6.30. The molecule has 0 aliphatic carbocycles. The van der Waals surface area contributed by atoms with Gasteiger partial charge in [-0.1, -0.05) is 29.8 Å². The summed E-state index contributed by atoms with van der Waals surface area (Å²) >= 11 is 5.92. The van der Waals surface area contributed by atoms with E-state index in [2.05, 4.69) is 10.4 Å². The van der Waals surface area contributed by atoms with Crippen LogP contribution in [0.25, 0.3) is 5.69 Å². The summed E-state index contributed by atoms with van der Waals surface area (Å²) in [6.07, 6.45) is 0. The van der Waals surface area contributed by atoms with Crippen molar-refractivity contribution in [2.45, 2.75) is 13.8 Å². The van der Waals surface area contributed by atoms with Crippen LogP contribution in [0.3, 0.4) is 0 Å². The molecule has 1 aromatic heterocycles. The molecule has 5 nitrogen and oxygen atoms in total. The first-order chi connectivity index (χ1) is 12.0. The molecule has 25 heavy (non-hydrogen) atoms. The fraction of sp³-hybridized carbons (Fsp3) is 0.105. The van der Waals surface area contributed by atoms with Crippen LogP contribution in [0.15, 0.2) is 59.4 Å². The van der Waals surface area contributed by atoms with Crippen LogP contribution < -0.4 is 10.7 Å². The number of anilines is 1. The van der Waals surface area contributed by atoms with E-state index >= 15 is 0 Å². The zero-order valence-corrected chi connectivity index (χ0v) is 14.5. The summed E-state index contributed by atoms with van der Waals surface area (Å²) in [5.74, 6) is -0.555. The lowest BCUT2D eigenvalue weighted by Crippen LogP contribution is -2.27. The third kappa shape index (κ3) is 3.61. The van der Waals surface area contributed by atoms with Crippen molar-refractivity contribution < 1.29 is 4.79 Å². The van der Waals surface area contributed by atoms with Crippen LogP contribution in [0.4, 0.5) is 5.69 Å². The Hall–Kier alpha value is -2.92. The number of hydrogen-bond acceptors (Lipinski definition) is 3. The Morgan fingerprint density at radius 1 is 1.08 bits per heavy atom. The van der Waals surface area contributed by atoms with Gasteiger partial charge in [-0.15, -0.1) is 0 Å². The molecular weight excluding hydrogens is 338 g/mol. The van der Waals surface area contributed by atoms with Crippen molar-refractivity contribution >= 4 is 23.2 Å². The average Bonchev–Trinajstić information content (AvgIpc) is 2.58. The second-order valence-corrected chi connectivity index (χ2v) is 6.10. The largest absolute Gasteiger partial charge is 0.320 e. The van der Waals surface area contributed by atoms with Crippen molar-refractivity contribution in [3.8, 4) is 5.69 Å². The number of carbonyl (C=O) groups is 1. The predicted molar refractivity (Wildman–Crippen MR) is 98.7 cm³/mol. The van der Waals surface area contributed by atoms with Gasteiger partial charge in [-0.3, -0.25) is 9.59 Å². The Morgan fingerprint density at radius 3 is 2.48 bits per heavy atom. The Labute approximate surface area is 149 Å². The first-order valence-electron chi connectivity index (χ1n) is 7.69. The third-order valence-electron chi connectivity index (χ3n) is 3.76. The van der Waals surface area contributed by atoms with Gasteiger partial charge in [-0.2, -0.15) is 5.10 Å². The Morgan fingerprint density at radius 2 is 1.80 bits per heavy atom. The number of benzene rings is 2. The Bertz CT molecular complexity index is 997. The van der Waals surface area contributed by atoms with Gasteiger partial charge in [0.15, 0.2) is 5.69 Å². The van der Waals surface area contributed by atoms with Gasteiger partial charge in [0, 0.05) is 22.5 Å². The van der Waals surface area contributed by atoms with Gasteiger partial charge in [0.25, 0.3) is 5.91 Å². The molecule has 0 spiro atoms. The second kappa shape index (κ2) is 6.91. The second-order valence-electron chi connectivity index (χ2n) is 5.66. The van der Waals surface area contributed by atoms with E-state index < -0.39 is 11.3 Å². The number of carbonyl (C=O) groups excluding carboxylic acids is 1. The fourth-order valence-corrected chi connectivity index (χ4v) is 2.71. The zero-order chi connectivity index (χ0) is 18.0. The van der Waals surface area contributed by atoms with E-state index in [1.807, 2.05) is 37.3 Å². The Kier molecular flexibility index (Phi) is 4.67. The summed E-state index contributed by atoms with van der Waals surface area (Å²) in [5, 5.41) is 7.55. The van der Waals surface area contributed by atoms with Crippen LogP contribution in [-0.2, 0) is 0 Å². The molecule has 0 fully saturated rings. The maximum absolute atomic E-state index is 12.5. The SMILES string of the molecule is Cc1cc(Cl)ccc1NC(=O)c1nn(-c2ccccc2)c(C)cc1=O. The van der Waals surface area contributed by atoms with Crippen molar-refractivity contribution in [3.63, 3.8) is 0 Å². The topological polar surface area (TPSA) is 64.0 Å². The molecular formula is C19H16ClN3O2. The summed E-state index contributed by atoms with van der Waals surface area (Å²) < 4.78 is 1.57. The number of nitrogens with zero attached hydrogens (tertiary/aromatic N) is 2. The van der Waals surface area contributed by atoms with E-state index in [0.29, 0.717) is 16.4 Å². The van der Waals surface area contributed by atoms with Gasteiger partial charge in [-0.05, 0) is 49.7 Å². The summed E-state index contributed by atoms with van der Waals surface area (Å²) in [5.41, 5.74) is 2.23. The molecule has 0 saturated carbocycles. The standard InChI is InChI=1S/C19H16ClN3O2/c1-12-10-14(20)8-9-16(12)21-19(25)18-17(24)11-13(2)23(22-18)15-6-4-3-5-7-15/h3-11H,1-2H3,(H,21,25). The number of rotatable bonds is 3. The number of aryl methyl sites for hydroxylation is 2. The van der Waals surface area contributed by atoms with Gasteiger partial charge >= 0.3 is 0 Å². The molecule has 0 aliphatic heterocycles. The lowest BCUT2D eigenvalue weighted by atomic mass is 10.2. The molecule has 2 aromatic carbocycles. The van der Waals surface area contributed by atoms with Crippen molar-refractivity contribution in [2.24, 2.45) is 0 Å². The number of nitrogens with one attached hydrogen (secondary N) is 1. The van der Waals surface area contributed by atoms with Crippen LogP contribution in [0.1, 0.15) is 21.7 Å². The van der Waals surface area contributed by atoms with E-state index in [9.17, 15) is 9.59 Å². The minimum absolute atomic E-state index is 0.163. The Balaban J connectivity index is 1.99. The highest BCUT2D eigenvalue weighted by atomic mass is 35.5. The van der Waals surface area contributed by atoms with Gasteiger partial charge in [-0.25, -0.2) is 4.68 Å². The lowest BCUT2D eigenvalue weighted by molar-refractivity contribution is 0.101. The quantitative estimate of drug-likeness (QED) is 0.779. The molecule has 6 heteroatoms. The average molecular weight is 354 g/mol. The summed E-state index contributed by atoms with van der Waals surface area (Å²) in [7, 11) is 0. The van der Waals surface area contributed by atoms with E-state index in [1.54, 1.807) is 29.8 Å². The van der Waals surface area contributed by atoms with Gasteiger partial charge < -0.3 is 5.32 Å². The van der Waals surface area contributed by atoms with Crippen LogP contribution in [-0.4, -0.2) is 15.7 Å². The minimum Gasteiger partial charge on any atom is -0.320 e. The maximum atomic E-state index is 12.5. The van der Waals surface area contributed by atoms with E-state index in [0.717, 1.165) is 11.3 Å². The number of hydrogen-bond donors (Lipinski definition) is 1. The lowest BCUT2D eigenvalue weighted by Gasteiger charge is -2.12. The smallest absolute Gasteiger partial charge is 0.280 e. The fourth-order valence-electron chi connectivity index (χ4n) is 2.48. The molecule has 1 amide bonds. The summed E-state index contributed by atoms with van der Waals surface area (Å²) in [4.78, 5) is 24.8. The highest BCUT2D eigenvalue weighted by Gasteiger charge is 2.16. The number of para-hydroxylation sites is 1. The summed E-state index contributed by atoms with van der Waals surface area (Å²) in [6, 6.07) is 15.8. The molecule has 0 aliphatic rings. The summed E-state index contributed by atoms with van der Waals surface area (Å²) in [6.45, 7) is 3.60. The van der Waals surface area contributed by atoms with Gasteiger partial charge in [0.1, 0.15) is 0 Å². The minimum atomic E-state index is -0.555. The zero-order valence-electron chi connectivity index (χ0n) is 13.8. The molecule has 0 saturated heterocycles. The normalized spacial score (nSPS) is 10.5.